The molecule has 2 aliphatic heterocycles. The molecule has 2 aliphatic carbocycles. The Bertz CT molecular complexity index is 1750. The topological polar surface area (TPSA) is 121 Å². The van der Waals surface area contributed by atoms with Gasteiger partial charge >= 0.3 is 6.09 Å². The van der Waals surface area contributed by atoms with Crippen molar-refractivity contribution >= 4 is 46.2 Å². The Hall–Kier alpha value is -4.79. The van der Waals surface area contributed by atoms with Gasteiger partial charge in [0, 0.05) is 11.3 Å². The molecule has 2 heterocycles. The number of amides is 5. The zero-order chi connectivity index (χ0) is 29.5. The molecule has 6 atom stereocenters. The molecule has 6 unspecified atom stereocenters. The average Bonchev–Trinajstić information content (AvgIpc) is 3.37. The number of para-hydroxylation sites is 1. The van der Waals surface area contributed by atoms with Gasteiger partial charge < -0.3 is 9.84 Å². The van der Waals surface area contributed by atoms with Crippen molar-refractivity contribution < 1.29 is 33.8 Å². The lowest BCUT2D eigenvalue weighted by Crippen LogP contribution is -2.49. The fourth-order valence-electron chi connectivity index (χ4n) is 8.01. The van der Waals surface area contributed by atoms with Crippen molar-refractivity contribution in [3.05, 3.63) is 83.9 Å². The van der Waals surface area contributed by atoms with Gasteiger partial charge in [0.15, 0.2) is 0 Å². The monoisotopic (exact) mass is 564 g/mol. The Balaban J connectivity index is 1.45. The maximum Gasteiger partial charge on any atom is 0.423 e. The van der Waals surface area contributed by atoms with Crippen LogP contribution in [0.25, 0.3) is 10.8 Å². The number of hydrogen-bond acceptors (Lipinski definition) is 7. The van der Waals surface area contributed by atoms with Crippen molar-refractivity contribution in [1.82, 2.24) is 4.90 Å². The number of nitrogens with zero attached hydrogens (tertiary/aromatic N) is 2. The van der Waals surface area contributed by atoms with E-state index in [1.54, 1.807) is 42.5 Å². The van der Waals surface area contributed by atoms with E-state index >= 15 is 0 Å². The van der Waals surface area contributed by atoms with Crippen LogP contribution in [0.4, 0.5) is 10.5 Å². The standard InChI is InChI=1S/C33H28N2O7/c1-33-24(29(38)34(31(33)40)17-8-4-3-5-9-17)16-23-21(12-13-22-26(23)30(39)35(28(22)37)32(41)42-2)27(33)20-14-15-25(36)19-11-7-6-10-18(19)20/h3-12,14-15,22-24,26-27,36H,13,16H2,1-2H3. The van der Waals surface area contributed by atoms with E-state index in [1.165, 1.54) is 4.90 Å². The van der Waals surface area contributed by atoms with E-state index in [2.05, 4.69) is 0 Å². The Kier molecular flexibility index (Phi) is 5.67. The third-order valence-electron chi connectivity index (χ3n) is 9.89. The highest BCUT2D eigenvalue weighted by Gasteiger charge is 2.68. The van der Waals surface area contributed by atoms with E-state index in [0.29, 0.717) is 16.0 Å². The summed E-state index contributed by atoms with van der Waals surface area (Å²) in [6.07, 6.45) is 1.30. The number of likely N-dealkylation sites (tertiary alicyclic amines) is 1. The molecular weight excluding hydrogens is 536 g/mol. The van der Waals surface area contributed by atoms with Gasteiger partial charge in [0.1, 0.15) is 5.75 Å². The summed E-state index contributed by atoms with van der Waals surface area (Å²) in [6, 6.07) is 19.5. The van der Waals surface area contributed by atoms with Crippen molar-refractivity contribution in [2.75, 3.05) is 12.0 Å². The van der Waals surface area contributed by atoms with E-state index in [1.807, 2.05) is 37.3 Å². The molecule has 3 fully saturated rings. The molecule has 9 heteroatoms. The van der Waals surface area contributed by atoms with Crippen molar-refractivity contribution in [2.45, 2.75) is 25.7 Å². The fourth-order valence-corrected chi connectivity index (χ4v) is 8.01. The number of ether oxygens (including phenoxy) is 1. The molecule has 1 saturated carbocycles. The van der Waals surface area contributed by atoms with Gasteiger partial charge in [0.05, 0.1) is 36.0 Å². The molecule has 0 aromatic heterocycles. The quantitative estimate of drug-likeness (QED) is 0.358. The van der Waals surface area contributed by atoms with Gasteiger partial charge in [0.2, 0.25) is 23.6 Å². The van der Waals surface area contributed by atoms with Crippen LogP contribution in [0.5, 0.6) is 5.75 Å². The third kappa shape index (κ3) is 3.27. The summed E-state index contributed by atoms with van der Waals surface area (Å²) in [5.74, 6) is -5.45. The number of aromatic hydroxyl groups is 1. The molecule has 0 bridgehead atoms. The van der Waals surface area contributed by atoms with Gasteiger partial charge in [-0.05, 0) is 54.8 Å². The highest BCUT2D eigenvalue weighted by molar-refractivity contribution is 6.24. The minimum Gasteiger partial charge on any atom is -0.507 e. The van der Waals surface area contributed by atoms with Gasteiger partial charge in [0.25, 0.3) is 0 Å². The van der Waals surface area contributed by atoms with Crippen molar-refractivity contribution in [2.24, 2.45) is 29.1 Å². The van der Waals surface area contributed by atoms with Crippen molar-refractivity contribution in [3.63, 3.8) is 0 Å². The first-order valence-electron chi connectivity index (χ1n) is 14.0. The minimum atomic E-state index is -1.21. The maximum atomic E-state index is 14.5. The first kappa shape index (κ1) is 26.1. The number of carbonyl (C=O) groups excluding carboxylic acids is 5. The molecule has 7 rings (SSSR count). The number of phenolic OH excluding ortho intramolecular Hbond substituents is 1. The van der Waals surface area contributed by atoms with Crippen LogP contribution < -0.4 is 4.90 Å². The SMILES string of the molecule is COC(=O)N1C(=O)C2CC=C3C(CC4C(=O)N(c5ccccc5)C(=O)C4(C)C3c3ccc(O)c4ccccc34)C2C1=O. The number of allylic oxidation sites excluding steroid dienone is 2. The van der Waals surface area contributed by atoms with Crippen LogP contribution in [0.15, 0.2) is 78.4 Å². The number of phenols is 1. The molecule has 5 amide bonds. The number of rotatable bonds is 2. The second kappa shape index (κ2) is 9.11. The first-order chi connectivity index (χ1) is 20.2. The van der Waals surface area contributed by atoms with Crippen LogP contribution in [0, 0.1) is 29.1 Å². The van der Waals surface area contributed by atoms with Crippen LogP contribution >= 0.6 is 0 Å². The zero-order valence-corrected chi connectivity index (χ0v) is 23.0. The van der Waals surface area contributed by atoms with Crippen LogP contribution in [0.1, 0.15) is 31.2 Å². The van der Waals surface area contributed by atoms with Crippen LogP contribution in [-0.4, -0.2) is 46.8 Å². The summed E-state index contributed by atoms with van der Waals surface area (Å²) in [7, 11) is 1.12. The molecule has 1 N–H and O–H groups in total. The summed E-state index contributed by atoms with van der Waals surface area (Å²) < 4.78 is 4.75. The highest BCUT2D eigenvalue weighted by atomic mass is 16.5. The maximum absolute atomic E-state index is 14.5. The van der Waals surface area contributed by atoms with Gasteiger partial charge in [-0.15, -0.1) is 0 Å². The minimum absolute atomic E-state index is 0.0890. The summed E-state index contributed by atoms with van der Waals surface area (Å²) in [6.45, 7) is 1.82. The summed E-state index contributed by atoms with van der Waals surface area (Å²) in [4.78, 5) is 69.9. The lowest BCUT2D eigenvalue weighted by atomic mass is 9.51. The molecule has 42 heavy (non-hydrogen) atoms. The molecule has 9 nitrogen and oxygen atoms in total. The van der Waals surface area contributed by atoms with Gasteiger partial charge in [-0.2, -0.15) is 4.90 Å². The van der Waals surface area contributed by atoms with Crippen molar-refractivity contribution in [3.8, 4) is 5.75 Å². The van der Waals surface area contributed by atoms with Gasteiger partial charge in [-0.25, -0.2) is 9.69 Å². The largest absolute Gasteiger partial charge is 0.507 e. The highest BCUT2D eigenvalue weighted by Crippen LogP contribution is 2.64. The molecular formula is C33H28N2O7. The number of carbonyl (C=O) groups is 5. The molecule has 3 aromatic carbocycles. The Labute approximate surface area is 241 Å². The Morgan fingerprint density at radius 1 is 0.881 bits per heavy atom. The lowest BCUT2D eigenvalue weighted by Gasteiger charge is -2.49. The van der Waals surface area contributed by atoms with E-state index in [-0.39, 0.29) is 30.4 Å². The predicted molar refractivity (Wildman–Crippen MR) is 151 cm³/mol. The normalized spacial score (nSPS) is 30.2. The van der Waals surface area contributed by atoms with Crippen molar-refractivity contribution in [1.29, 1.82) is 0 Å². The summed E-state index contributed by atoms with van der Waals surface area (Å²) in [5.41, 5.74) is 0.809. The van der Waals surface area contributed by atoms with E-state index in [9.17, 15) is 29.1 Å². The van der Waals surface area contributed by atoms with Crippen LogP contribution in [0.2, 0.25) is 0 Å². The lowest BCUT2D eigenvalue weighted by molar-refractivity contribution is -0.138. The number of anilines is 1. The first-order valence-corrected chi connectivity index (χ1v) is 14.0. The van der Waals surface area contributed by atoms with E-state index in [4.69, 9.17) is 4.74 Å². The molecule has 0 spiro atoms. The fraction of sp³-hybridized carbons (Fsp3) is 0.303. The Morgan fingerprint density at radius 2 is 1.57 bits per heavy atom. The van der Waals surface area contributed by atoms with Gasteiger partial charge in [-0.3, -0.25) is 19.2 Å². The number of benzene rings is 3. The summed E-state index contributed by atoms with van der Waals surface area (Å²) in [5, 5.41) is 12.0. The second-order valence-electron chi connectivity index (χ2n) is 11.7. The molecule has 4 aliphatic rings. The van der Waals surface area contributed by atoms with Gasteiger partial charge in [-0.1, -0.05) is 60.2 Å². The second-order valence-corrected chi connectivity index (χ2v) is 11.7. The molecule has 212 valence electrons. The smallest absolute Gasteiger partial charge is 0.423 e. The average molecular weight is 565 g/mol. The van der Waals surface area contributed by atoms with Crippen LogP contribution in [-0.2, 0) is 23.9 Å². The third-order valence-corrected chi connectivity index (χ3v) is 9.89. The number of imide groups is 4. The number of fused-ring (bicyclic) bond motifs is 5. The molecule has 3 aromatic rings. The van der Waals surface area contributed by atoms with Crippen LogP contribution in [0.3, 0.4) is 0 Å². The summed E-state index contributed by atoms with van der Waals surface area (Å²) >= 11 is 0. The number of methoxy groups -OCH3 is 1. The zero-order valence-electron chi connectivity index (χ0n) is 23.0. The molecule has 2 saturated heterocycles. The Morgan fingerprint density at radius 3 is 2.29 bits per heavy atom. The predicted octanol–water partition coefficient (Wildman–Crippen LogP) is 4.54. The molecule has 0 radical (unpaired) electrons. The number of hydrogen-bond donors (Lipinski definition) is 1. The van der Waals surface area contributed by atoms with E-state index < -0.39 is 52.9 Å². The van der Waals surface area contributed by atoms with E-state index in [0.717, 1.165) is 23.6 Å².